The fraction of sp³-hybridized carbons (Fsp3) is 0.500. The van der Waals surface area contributed by atoms with Crippen molar-refractivity contribution >= 4 is 33.2 Å². The van der Waals surface area contributed by atoms with E-state index in [-0.39, 0.29) is 0 Å². The number of benzene rings is 1. The molecule has 16 heavy (non-hydrogen) atoms. The smallest absolute Gasteiger partial charge is 0.0566 e. The first-order chi connectivity index (χ1) is 7.65. The highest BCUT2D eigenvalue weighted by atomic mass is 79.9. The second-order valence-corrected chi connectivity index (χ2v) is 5.46. The molecular formula is C12H15BrClNO. The maximum atomic E-state index is 5.98. The van der Waals surface area contributed by atoms with E-state index >= 15 is 0 Å². The summed E-state index contributed by atoms with van der Waals surface area (Å²) in [6.45, 7) is 2.94. The molecule has 0 bridgehead atoms. The fourth-order valence-electron chi connectivity index (χ4n) is 1.96. The maximum Gasteiger partial charge on any atom is 0.0566 e. The molecule has 0 saturated carbocycles. The molecule has 2 unspecified atom stereocenters. The number of rotatable bonds is 2. The third-order valence-electron chi connectivity index (χ3n) is 2.77. The molecule has 2 atom stereocenters. The molecule has 0 aromatic heterocycles. The Morgan fingerprint density at radius 2 is 2.31 bits per heavy atom. The first-order valence-electron chi connectivity index (χ1n) is 5.48. The molecule has 1 heterocycles. The molecule has 0 aliphatic carbocycles. The lowest BCUT2D eigenvalue weighted by molar-refractivity contribution is 0.0232. The van der Waals surface area contributed by atoms with Crippen LogP contribution in [-0.2, 0) is 4.74 Å². The molecule has 1 aromatic rings. The molecule has 1 saturated heterocycles. The van der Waals surface area contributed by atoms with Crippen molar-refractivity contribution in [2.45, 2.75) is 31.9 Å². The molecule has 1 fully saturated rings. The van der Waals surface area contributed by atoms with E-state index in [0.717, 1.165) is 34.6 Å². The first-order valence-corrected chi connectivity index (χ1v) is 6.65. The number of halogens is 2. The number of hydrogen-bond donors (Lipinski definition) is 1. The van der Waals surface area contributed by atoms with Gasteiger partial charge < -0.3 is 10.1 Å². The van der Waals surface area contributed by atoms with Crippen LogP contribution >= 0.6 is 27.5 Å². The summed E-state index contributed by atoms with van der Waals surface area (Å²) in [7, 11) is 0. The SMILES string of the molecule is CC1CC(Nc2cc(Cl)ccc2Br)CCO1. The Morgan fingerprint density at radius 1 is 1.50 bits per heavy atom. The van der Waals surface area contributed by atoms with E-state index in [1.54, 1.807) is 0 Å². The van der Waals surface area contributed by atoms with Crippen molar-refractivity contribution in [1.29, 1.82) is 0 Å². The van der Waals surface area contributed by atoms with Gasteiger partial charge in [-0.1, -0.05) is 11.6 Å². The average molecular weight is 305 g/mol. The standard InChI is InChI=1S/C12H15BrClNO/c1-8-6-10(4-5-16-8)15-12-7-9(14)2-3-11(12)13/h2-3,7-8,10,15H,4-6H2,1H3. The minimum Gasteiger partial charge on any atom is -0.381 e. The Labute approximate surface area is 109 Å². The third kappa shape index (κ3) is 3.12. The summed E-state index contributed by atoms with van der Waals surface area (Å²) < 4.78 is 6.57. The molecule has 1 aliphatic heterocycles. The highest BCUT2D eigenvalue weighted by Crippen LogP contribution is 2.28. The van der Waals surface area contributed by atoms with Gasteiger partial charge in [0.25, 0.3) is 0 Å². The van der Waals surface area contributed by atoms with Crippen LogP contribution in [-0.4, -0.2) is 18.8 Å². The van der Waals surface area contributed by atoms with Crippen molar-refractivity contribution in [3.8, 4) is 0 Å². The van der Waals surface area contributed by atoms with Crippen molar-refractivity contribution in [2.75, 3.05) is 11.9 Å². The Kier molecular flexibility index (Phi) is 4.11. The number of hydrogen-bond acceptors (Lipinski definition) is 2. The molecule has 2 nitrogen and oxygen atoms in total. The molecular weight excluding hydrogens is 289 g/mol. The predicted octanol–water partition coefficient (Wildman–Crippen LogP) is 4.08. The number of nitrogens with one attached hydrogen (secondary N) is 1. The lowest BCUT2D eigenvalue weighted by Gasteiger charge is -2.29. The quantitative estimate of drug-likeness (QED) is 0.889. The van der Waals surface area contributed by atoms with E-state index < -0.39 is 0 Å². The van der Waals surface area contributed by atoms with Crippen LogP contribution in [0.3, 0.4) is 0 Å². The van der Waals surface area contributed by atoms with E-state index in [1.807, 2.05) is 18.2 Å². The van der Waals surface area contributed by atoms with E-state index in [9.17, 15) is 0 Å². The highest BCUT2D eigenvalue weighted by molar-refractivity contribution is 9.10. The molecule has 4 heteroatoms. The normalized spacial score (nSPS) is 25.4. The molecule has 1 aromatic carbocycles. The van der Waals surface area contributed by atoms with Gasteiger partial charge in [0, 0.05) is 22.1 Å². The minimum absolute atomic E-state index is 0.337. The van der Waals surface area contributed by atoms with E-state index in [4.69, 9.17) is 16.3 Å². The largest absolute Gasteiger partial charge is 0.381 e. The van der Waals surface area contributed by atoms with Crippen LogP contribution in [0.15, 0.2) is 22.7 Å². The van der Waals surface area contributed by atoms with Crippen LogP contribution in [0.2, 0.25) is 5.02 Å². The molecule has 0 amide bonds. The van der Waals surface area contributed by atoms with Gasteiger partial charge in [0.15, 0.2) is 0 Å². The Hall–Kier alpha value is -0.250. The molecule has 2 rings (SSSR count). The highest BCUT2D eigenvalue weighted by Gasteiger charge is 2.19. The van der Waals surface area contributed by atoms with Crippen LogP contribution < -0.4 is 5.32 Å². The van der Waals surface area contributed by atoms with E-state index in [0.29, 0.717) is 12.1 Å². The molecule has 0 radical (unpaired) electrons. The zero-order valence-electron chi connectivity index (χ0n) is 9.17. The monoisotopic (exact) mass is 303 g/mol. The zero-order chi connectivity index (χ0) is 11.5. The Balaban J connectivity index is 2.05. The van der Waals surface area contributed by atoms with Crippen LogP contribution in [0.25, 0.3) is 0 Å². The summed E-state index contributed by atoms with van der Waals surface area (Å²) >= 11 is 9.50. The summed E-state index contributed by atoms with van der Waals surface area (Å²) in [5, 5.41) is 4.26. The predicted molar refractivity (Wildman–Crippen MR) is 71.2 cm³/mol. The second kappa shape index (κ2) is 5.39. The van der Waals surface area contributed by atoms with Crippen molar-refractivity contribution < 1.29 is 4.74 Å². The number of anilines is 1. The van der Waals surface area contributed by atoms with Gasteiger partial charge in [0.2, 0.25) is 0 Å². The van der Waals surface area contributed by atoms with Crippen LogP contribution in [0.1, 0.15) is 19.8 Å². The Morgan fingerprint density at radius 3 is 3.06 bits per heavy atom. The van der Waals surface area contributed by atoms with Crippen molar-refractivity contribution in [3.05, 3.63) is 27.7 Å². The van der Waals surface area contributed by atoms with Gasteiger partial charge in [-0.15, -0.1) is 0 Å². The summed E-state index contributed by atoms with van der Waals surface area (Å²) in [5.74, 6) is 0. The van der Waals surface area contributed by atoms with Crippen LogP contribution in [0.4, 0.5) is 5.69 Å². The number of ether oxygens (including phenoxy) is 1. The summed E-state index contributed by atoms with van der Waals surface area (Å²) in [5.41, 5.74) is 1.06. The van der Waals surface area contributed by atoms with Gasteiger partial charge in [-0.25, -0.2) is 0 Å². The van der Waals surface area contributed by atoms with Gasteiger partial charge in [-0.2, -0.15) is 0 Å². The molecule has 1 N–H and O–H groups in total. The van der Waals surface area contributed by atoms with Crippen molar-refractivity contribution in [1.82, 2.24) is 0 Å². The zero-order valence-corrected chi connectivity index (χ0v) is 11.5. The Bertz CT molecular complexity index is 372. The topological polar surface area (TPSA) is 21.3 Å². The van der Waals surface area contributed by atoms with Gasteiger partial charge in [0.1, 0.15) is 0 Å². The lowest BCUT2D eigenvalue weighted by atomic mass is 10.0. The maximum absolute atomic E-state index is 5.98. The minimum atomic E-state index is 0.337. The molecule has 0 spiro atoms. The molecule has 88 valence electrons. The van der Waals surface area contributed by atoms with Gasteiger partial charge in [0.05, 0.1) is 11.8 Å². The summed E-state index contributed by atoms with van der Waals surface area (Å²) in [4.78, 5) is 0. The van der Waals surface area contributed by atoms with E-state index in [1.165, 1.54) is 0 Å². The average Bonchev–Trinajstić information content (AvgIpc) is 2.24. The second-order valence-electron chi connectivity index (χ2n) is 4.17. The van der Waals surface area contributed by atoms with Crippen LogP contribution in [0.5, 0.6) is 0 Å². The first kappa shape index (κ1) is 12.2. The van der Waals surface area contributed by atoms with Gasteiger partial charge in [-0.05, 0) is 53.9 Å². The van der Waals surface area contributed by atoms with Crippen molar-refractivity contribution in [2.24, 2.45) is 0 Å². The van der Waals surface area contributed by atoms with Crippen molar-refractivity contribution in [3.63, 3.8) is 0 Å². The lowest BCUT2D eigenvalue weighted by Crippen LogP contribution is -2.32. The summed E-state index contributed by atoms with van der Waals surface area (Å²) in [6, 6.07) is 6.27. The van der Waals surface area contributed by atoms with Gasteiger partial charge in [-0.3, -0.25) is 0 Å². The molecule has 1 aliphatic rings. The van der Waals surface area contributed by atoms with Crippen LogP contribution in [0, 0.1) is 0 Å². The van der Waals surface area contributed by atoms with E-state index in [2.05, 4.69) is 28.2 Å². The third-order valence-corrected chi connectivity index (χ3v) is 3.70. The van der Waals surface area contributed by atoms with Gasteiger partial charge >= 0.3 is 0 Å². The fourth-order valence-corrected chi connectivity index (χ4v) is 2.49. The summed E-state index contributed by atoms with van der Waals surface area (Å²) in [6.07, 6.45) is 2.42.